The second kappa shape index (κ2) is 13.9. The molecule has 0 aliphatic heterocycles. The average molecular weight is 404 g/mol. The summed E-state index contributed by atoms with van der Waals surface area (Å²) in [4.78, 5) is 23.4. The molecule has 1 N–H and O–H groups in total. The van der Waals surface area contributed by atoms with Crippen molar-refractivity contribution < 1.29 is 9.59 Å². The van der Waals surface area contributed by atoms with Gasteiger partial charge in [0.15, 0.2) is 0 Å². The summed E-state index contributed by atoms with van der Waals surface area (Å²) >= 11 is 0. The molecule has 3 nitrogen and oxygen atoms in total. The van der Waals surface area contributed by atoms with Crippen LogP contribution in [0.3, 0.4) is 0 Å². The standard InChI is InChI=1S/C25H27NO2.C2H6/c1-4-20(5-2)24(18-27)8-6-7-17-26-25(28)23-15-13-22(14-16-23)21-11-9-19(3)10-12-21;1-2/h4,6-16,18H,5,17H2,1-3H3,(H,26,28);1-2H3/b7-6+,20-4-,24-8-;. The maximum atomic E-state index is 12.3. The number of aldehydes is 1. The SMILES string of the molecule is CC.C\C=C(CC)/C(C=O)=C\C=C\CNC(=O)c1ccc(-c2ccc(C)cc2)cc1. The molecule has 0 unspecified atom stereocenters. The van der Waals surface area contributed by atoms with E-state index in [1.54, 1.807) is 12.2 Å². The number of hydrogen-bond donors (Lipinski definition) is 1. The number of carbonyl (C=O) groups is 2. The lowest BCUT2D eigenvalue weighted by molar-refractivity contribution is -0.104. The third-order valence-electron chi connectivity index (χ3n) is 4.55. The van der Waals surface area contributed by atoms with E-state index >= 15 is 0 Å². The van der Waals surface area contributed by atoms with Crippen molar-refractivity contribution in [2.75, 3.05) is 6.54 Å². The first-order chi connectivity index (χ1) is 14.6. The van der Waals surface area contributed by atoms with E-state index in [1.165, 1.54) is 5.56 Å². The van der Waals surface area contributed by atoms with Crippen LogP contribution in [0.25, 0.3) is 11.1 Å². The molecule has 158 valence electrons. The number of allylic oxidation sites excluding steroid dienone is 5. The van der Waals surface area contributed by atoms with Gasteiger partial charge in [-0.05, 0) is 49.1 Å². The number of aryl methyl sites for hydroxylation is 1. The molecule has 0 saturated carbocycles. The lowest BCUT2D eigenvalue weighted by Crippen LogP contribution is -2.23. The Hall–Kier alpha value is -3.20. The highest BCUT2D eigenvalue weighted by Crippen LogP contribution is 2.20. The largest absolute Gasteiger partial charge is 0.349 e. The van der Waals surface area contributed by atoms with Crippen LogP contribution in [-0.2, 0) is 4.79 Å². The third kappa shape index (κ3) is 7.67. The van der Waals surface area contributed by atoms with Gasteiger partial charge in [0.2, 0.25) is 0 Å². The Morgan fingerprint density at radius 3 is 2.03 bits per heavy atom. The highest BCUT2D eigenvalue weighted by molar-refractivity contribution is 5.94. The molecule has 2 aromatic rings. The summed E-state index contributed by atoms with van der Waals surface area (Å²) in [6, 6.07) is 15.9. The predicted octanol–water partition coefficient (Wildman–Crippen LogP) is 6.46. The van der Waals surface area contributed by atoms with Gasteiger partial charge in [0.05, 0.1) is 0 Å². The molecule has 2 rings (SSSR count). The summed E-state index contributed by atoms with van der Waals surface area (Å²) in [6.07, 6.45) is 9.00. The molecular weight excluding hydrogens is 370 g/mol. The molecule has 0 aliphatic carbocycles. The number of rotatable bonds is 8. The molecule has 2 aromatic carbocycles. The van der Waals surface area contributed by atoms with Gasteiger partial charge < -0.3 is 5.32 Å². The molecule has 0 spiro atoms. The van der Waals surface area contributed by atoms with Crippen molar-refractivity contribution in [3.8, 4) is 11.1 Å². The normalized spacial score (nSPS) is 11.6. The Morgan fingerprint density at radius 2 is 1.53 bits per heavy atom. The van der Waals surface area contributed by atoms with Gasteiger partial charge in [-0.25, -0.2) is 0 Å². The van der Waals surface area contributed by atoms with E-state index in [2.05, 4.69) is 36.5 Å². The number of carbonyl (C=O) groups excluding carboxylic acids is 2. The molecule has 3 heteroatoms. The second-order valence-corrected chi connectivity index (χ2v) is 6.49. The Bertz CT molecular complexity index is 885. The quantitative estimate of drug-likeness (QED) is 0.312. The predicted molar refractivity (Wildman–Crippen MR) is 128 cm³/mol. The zero-order chi connectivity index (χ0) is 22.4. The monoisotopic (exact) mass is 403 g/mol. The Kier molecular flexibility index (Phi) is 11.5. The summed E-state index contributed by atoms with van der Waals surface area (Å²) in [6.45, 7) is 10.4. The minimum Gasteiger partial charge on any atom is -0.349 e. The molecule has 0 aromatic heterocycles. The molecular formula is C27H33NO2. The fourth-order valence-electron chi connectivity index (χ4n) is 2.85. The number of benzene rings is 2. The summed E-state index contributed by atoms with van der Waals surface area (Å²) in [5.74, 6) is -0.123. The molecule has 0 aliphatic rings. The second-order valence-electron chi connectivity index (χ2n) is 6.49. The van der Waals surface area contributed by atoms with Gasteiger partial charge in [-0.3, -0.25) is 9.59 Å². The first kappa shape index (κ1) is 24.8. The smallest absolute Gasteiger partial charge is 0.251 e. The van der Waals surface area contributed by atoms with Crippen LogP contribution in [0.2, 0.25) is 0 Å². The van der Waals surface area contributed by atoms with Gasteiger partial charge in [0, 0.05) is 17.7 Å². The summed E-state index contributed by atoms with van der Waals surface area (Å²) in [7, 11) is 0. The zero-order valence-electron chi connectivity index (χ0n) is 18.7. The van der Waals surface area contributed by atoms with Crippen LogP contribution in [0.1, 0.15) is 50.0 Å². The van der Waals surface area contributed by atoms with Crippen molar-refractivity contribution in [1.29, 1.82) is 0 Å². The van der Waals surface area contributed by atoms with E-state index in [9.17, 15) is 9.59 Å². The van der Waals surface area contributed by atoms with Gasteiger partial charge in [-0.2, -0.15) is 0 Å². The molecule has 0 saturated heterocycles. The Balaban J connectivity index is 0.00000218. The van der Waals surface area contributed by atoms with Crippen molar-refractivity contribution >= 4 is 12.2 Å². The van der Waals surface area contributed by atoms with Crippen molar-refractivity contribution in [2.24, 2.45) is 0 Å². The Morgan fingerprint density at radius 1 is 0.967 bits per heavy atom. The molecule has 0 atom stereocenters. The molecule has 1 amide bonds. The highest BCUT2D eigenvalue weighted by Gasteiger charge is 2.05. The van der Waals surface area contributed by atoms with Crippen LogP contribution in [0.15, 0.2) is 84.0 Å². The van der Waals surface area contributed by atoms with E-state index in [1.807, 2.05) is 64.1 Å². The molecule has 0 heterocycles. The summed E-state index contributed by atoms with van der Waals surface area (Å²) < 4.78 is 0. The van der Waals surface area contributed by atoms with Crippen LogP contribution in [-0.4, -0.2) is 18.7 Å². The summed E-state index contributed by atoms with van der Waals surface area (Å²) in [5, 5.41) is 2.86. The number of amides is 1. The minimum absolute atomic E-state index is 0.123. The number of nitrogens with one attached hydrogen (secondary N) is 1. The summed E-state index contributed by atoms with van der Waals surface area (Å²) in [5.41, 5.74) is 5.73. The fraction of sp³-hybridized carbons (Fsp3) is 0.259. The average Bonchev–Trinajstić information content (AvgIpc) is 2.80. The van der Waals surface area contributed by atoms with E-state index in [4.69, 9.17) is 0 Å². The van der Waals surface area contributed by atoms with E-state index in [0.29, 0.717) is 17.7 Å². The van der Waals surface area contributed by atoms with Crippen LogP contribution in [0.4, 0.5) is 0 Å². The van der Waals surface area contributed by atoms with Gasteiger partial charge in [-0.15, -0.1) is 0 Å². The van der Waals surface area contributed by atoms with Crippen LogP contribution in [0.5, 0.6) is 0 Å². The molecule has 30 heavy (non-hydrogen) atoms. The maximum Gasteiger partial charge on any atom is 0.251 e. The minimum atomic E-state index is -0.123. The first-order valence-corrected chi connectivity index (χ1v) is 10.5. The van der Waals surface area contributed by atoms with Crippen LogP contribution < -0.4 is 5.32 Å². The van der Waals surface area contributed by atoms with Crippen molar-refractivity contribution in [3.63, 3.8) is 0 Å². The van der Waals surface area contributed by atoms with Gasteiger partial charge >= 0.3 is 0 Å². The van der Waals surface area contributed by atoms with E-state index < -0.39 is 0 Å². The maximum absolute atomic E-state index is 12.3. The molecule has 0 radical (unpaired) electrons. The van der Waals surface area contributed by atoms with Crippen molar-refractivity contribution in [2.45, 2.75) is 41.0 Å². The topological polar surface area (TPSA) is 46.2 Å². The molecule has 0 bridgehead atoms. The van der Waals surface area contributed by atoms with Crippen molar-refractivity contribution in [3.05, 3.63) is 95.1 Å². The fourth-order valence-corrected chi connectivity index (χ4v) is 2.85. The van der Waals surface area contributed by atoms with Gasteiger partial charge in [0.1, 0.15) is 6.29 Å². The van der Waals surface area contributed by atoms with E-state index in [0.717, 1.165) is 29.4 Å². The molecule has 0 fully saturated rings. The van der Waals surface area contributed by atoms with Gasteiger partial charge in [-0.1, -0.05) is 87.0 Å². The van der Waals surface area contributed by atoms with Crippen LogP contribution >= 0.6 is 0 Å². The zero-order valence-corrected chi connectivity index (χ0v) is 18.7. The lowest BCUT2D eigenvalue weighted by atomic mass is 10.0. The highest BCUT2D eigenvalue weighted by atomic mass is 16.1. The number of hydrogen-bond acceptors (Lipinski definition) is 2. The lowest BCUT2D eigenvalue weighted by Gasteiger charge is -2.05. The third-order valence-corrected chi connectivity index (χ3v) is 4.55. The van der Waals surface area contributed by atoms with Crippen molar-refractivity contribution in [1.82, 2.24) is 5.32 Å². The van der Waals surface area contributed by atoms with E-state index in [-0.39, 0.29) is 5.91 Å². The van der Waals surface area contributed by atoms with Crippen LogP contribution in [0, 0.1) is 6.92 Å². The van der Waals surface area contributed by atoms with Gasteiger partial charge in [0.25, 0.3) is 5.91 Å². The first-order valence-electron chi connectivity index (χ1n) is 10.5. The Labute approximate surface area is 181 Å².